The van der Waals surface area contributed by atoms with E-state index in [2.05, 4.69) is 78.3 Å². The summed E-state index contributed by atoms with van der Waals surface area (Å²) in [5.74, 6) is 0.0597. The van der Waals surface area contributed by atoms with Gasteiger partial charge >= 0.3 is 5.97 Å². The zero-order chi connectivity index (χ0) is 30.5. The maximum Gasteiger partial charge on any atom is 0.326 e. The zero-order valence-electron chi connectivity index (χ0n) is 25.6. The van der Waals surface area contributed by atoms with Crippen molar-refractivity contribution in [2.45, 2.75) is 121 Å². The Morgan fingerprint density at radius 3 is 2.00 bits per heavy atom. The monoisotopic (exact) mass is 618 g/mol. The summed E-state index contributed by atoms with van der Waals surface area (Å²) >= 11 is 0. The molecule has 0 aromatic heterocycles. The van der Waals surface area contributed by atoms with E-state index in [4.69, 9.17) is 0 Å². The van der Waals surface area contributed by atoms with E-state index in [1.807, 2.05) is 21.6 Å². The number of allylic oxidation sites excluding steroid dienone is 10. The van der Waals surface area contributed by atoms with Crippen molar-refractivity contribution in [1.29, 1.82) is 0 Å². The summed E-state index contributed by atoms with van der Waals surface area (Å²) in [5, 5.41) is 15.7. The predicted molar refractivity (Wildman–Crippen MR) is 182 cm³/mol. The van der Waals surface area contributed by atoms with Crippen LogP contribution in [0.4, 0.5) is 0 Å². The number of carbonyl (C=O) groups is 3. The van der Waals surface area contributed by atoms with Gasteiger partial charge in [-0.15, -0.1) is 0 Å². The smallest absolute Gasteiger partial charge is 0.326 e. The topological polar surface area (TPSA) is 95.5 Å². The Hall–Kier alpha value is -2.19. The summed E-state index contributed by atoms with van der Waals surface area (Å²) < 4.78 is 0. The molecular weight excluding hydrogens is 565 g/mol. The highest BCUT2D eigenvalue weighted by molar-refractivity contribution is 8.77. The lowest BCUT2D eigenvalue weighted by Crippen LogP contribution is -2.40. The molecule has 0 aliphatic carbocycles. The number of aliphatic carboxylic acids is 1. The van der Waals surface area contributed by atoms with Crippen molar-refractivity contribution in [3.05, 3.63) is 60.8 Å². The molecule has 0 spiro atoms. The van der Waals surface area contributed by atoms with Gasteiger partial charge in [0, 0.05) is 30.4 Å². The predicted octanol–water partition coefficient (Wildman–Crippen LogP) is 8.48. The molecule has 42 heavy (non-hydrogen) atoms. The van der Waals surface area contributed by atoms with Gasteiger partial charge in [0.1, 0.15) is 6.04 Å². The van der Waals surface area contributed by atoms with Gasteiger partial charge in [0.15, 0.2) is 0 Å². The fraction of sp³-hybridized carbons (Fsp3) is 0.618. The summed E-state index contributed by atoms with van der Waals surface area (Å²) in [4.78, 5) is 35.8. The van der Waals surface area contributed by atoms with Crippen molar-refractivity contribution in [3.63, 3.8) is 0 Å². The molecular formula is C34H54N2O4S2. The molecule has 1 heterocycles. The van der Waals surface area contributed by atoms with Crippen LogP contribution in [0.3, 0.4) is 0 Å². The molecule has 8 heteroatoms. The van der Waals surface area contributed by atoms with Crippen molar-refractivity contribution in [1.82, 2.24) is 10.6 Å². The molecule has 236 valence electrons. The maximum atomic E-state index is 12.2. The number of rotatable bonds is 25. The van der Waals surface area contributed by atoms with Crippen LogP contribution in [-0.2, 0) is 14.4 Å². The van der Waals surface area contributed by atoms with Gasteiger partial charge in [-0.25, -0.2) is 4.79 Å². The minimum absolute atomic E-state index is 0.0278. The molecule has 1 saturated heterocycles. The lowest BCUT2D eigenvalue weighted by molar-refractivity contribution is -0.142. The highest BCUT2D eigenvalue weighted by atomic mass is 33.1. The van der Waals surface area contributed by atoms with Crippen molar-refractivity contribution < 1.29 is 19.5 Å². The Labute approximate surface area is 262 Å². The number of carboxylic acid groups (broad SMARTS) is 1. The van der Waals surface area contributed by atoms with E-state index in [0.717, 1.165) is 64.2 Å². The number of carboxylic acids is 1. The quantitative estimate of drug-likeness (QED) is 0.0540. The second kappa shape index (κ2) is 27.6. The van der Waals surface area contributed by atoms with Crippen LogP contribution in [0.25, 0.3) is 0 Å². The van der Waals surface area contributed by atoms with E-state index >= 15 is 0 Å². The summed E-state index contributed by atoms with van der Waals surface area (Å²) in [6.07, 6.45) is 35.1. The lowest BCUT2D eigenvalue weighted by atomic mass is 10.1. The molecule has 0 bridgehead atoms. The summed E-state index contributed by atoms with van der Waals surface area (Å²) in [7, 11) is 3.87. The Kier molecular flexibility index (Phi) is 24.9. The number of nitrogens with one attached hydrogen (secondary N) is 2. The number of unbranched alkanes of at least 4 members (excludes halogenated alkanes) is 3. The minimum Gasteiger partial charge on any atom is -0.480 e. The molecule has 1 aliphatic heterocycles. The third kappa shape index (κ3) is 23.4. The fourth-order valence-electron chi connectivity index (χ4n) is 4.28. The van der Waals surface area contributed by atoms with Crippen molar-refractivity contribution in [2.75, 3.05) is 12.3 Å². The first kappa shape index (κ1) is 37.8. The molecule has 1 fully saturated rings. The molecule has 1 rings (SSSR count). The van der Waals surface area contributed by atoms with E-state index in [9.17, 15) is 19.5 Å². The molecule has 0 aromatic rings. The SMILES string of the molecule is CCC=CCC=CCC=CCC=CCC=CCCCC(=O)NCCCC[C@H](NC(=O)CCCC[C@@H]1CCSS1)C(=O)O. The average Bonchev–Trinajstić information content (AvgIpc) is 3.49. The second-order valence-electron chi connectivity index (χ2n) is 10.5. The molecule has 0 unspecified atom stereocenters. The Morgan fingerprint density at radius 2 is 1.40 bits per heavy atom. The molecule has 0 aromatic carbocycles. The summed E-state index contributed by atoms with van der Waals surface area (Å²) in [6.45, 7) is 2.67. The first-order valence-corrected chi connectivity index (χ1v) is 18.2. The van der Waals surface area contributed by atoms with E-state index in [-0.39, 0.29) is 11.8 Å². The van der Waals surface area contributed by atoms with Gasteiger partial charge in [-0.05, 0) is 83.5 Å². The number of amides is 2. The maximum absolute atomic E-state index is 12.2. The first-order chi connectivity index (χ1) is 20.5. The van der Waals surface area contributed by atoms with Gasteiger partial charge in [0.05, 0.1) is 0 Å². The van der Waals surface area contributed by atoms with Crippen molar-refractivity contribution >= 4 is 39.4 Å². The fourth-order valence-corrected chi connectivity index (χ4v) is 7.31. The largest absolute Gasteiger partial charge is 0.480 e. The molecule has 2 amide bonds. The molecule has 6 nitrogen and oxygen atoms in total. The van der Waals surface area contributed by atoms with Crippen LogP contribution in [0.1, 0.15) is 110 Å². The molecule has 1 aliphatic rings. The van der Waals surface area contributed by atoms with Crippen LogP contribution in [0.15, 0.2) is 60.8 Å². The Morgan fingerprint density at radius 1 is 0.786 bits per heavy atom. The normalized spacial score (nSPS) is 16.5. The van der Waals surface area contributed by atoms with E-state index in [0.29, 0.717) is 43.9 Å². The van der Waals surface area contributed by atoms with Crippen LogP contribution in [0, 0.1) is 0 Å². The molecule has 0 saturated carbocycles. The number of hydrogen-bond donors (Lipinski definition) is 3. The van der Waals surface area contributed by atoms with Crippen LogP contribution in [-0.4, -0.2) is 46.5 Å². The van der Waals surface area contributed by atoms with Gasteiger partial charge in [-0.3, -0.25) is 9.59 Å². The van der Waals surface area contributed by atoms with E-state index in [1.54, 1.807) is 0 Å². The van der Waals surface area contributed by atoms with Crippen molar-refractivity contribution in [3.8, 4) is 0 Å². The zero-order valence-corrected chi connectivity index (χ0v) is 27.3. The minimum atomic E-state index is -0.998. The standard InChI is InChI=1S/C34H54N2O4S2/c1-2-3-4-5-6-7-8-9-10-11-12-13-14-15-16-17-18-25-32(37)35-28-22-21-24-31(34(39)40)36-33(38)26-20-19-23-30-27-29-41-42-30/h3-4,6-7,9-10,12-13,15-16,30-31H,2,5,8,11,14,17-29H2,1H3,(H,35,37)(H,36,38)(H,39,40)/t30-,31+/m1/s1. The summed E-state index contributed by atoms with van der Waals surface area (Å²) in [6, 6.07) is -0.863. The highest BCUT2D eigenvalue weighted by Crippen LogP contribution is 2.39. The average molecular weight is 619 g/mol. The van der Waals surface area contributed by atoms with Crippen LogP contribution in [0.5, 0.6) is 0 Å². The van der Waals surface area contributed by atoms with E-state index < -0.39 is 12.0 Å². The highest BCUT2D eigenvalue weighted by Gasteiger charge is 2.20. The van der Waals surface area contributed by atoms with Gasteiger partial charge in [0.2, 0.25) is 11.8 Å². The molecule has 0 radical (unpaired) electrons. The van der Waals surface area contributed by atoms with Crippen LogP contribution >= 0.6 is 21.6 Å². The lowest BCUT2D eigenvalue weighted by Gasteiger charge is -2.15. The van der Waals surface area contributed by atoms with Gasteiger partial charge in [0.25, 0.3) is 0 Å². The third-order valence-corrected chi connectivity index (χ3v) is 9.72. The van der Waals surface area contributed by atoms with Crippen LogP contribution in [0.2, 0.25) is 0 Å². The van der Waals surface area contributed by atoms with Gasteiger partial charge in [-0.1, -0.05) is 95.7 Å². The Bertz CT molecular complexity index is 877. The number of hydrogen-bond acceptors (Lipinski definition) is 5. The number of carbonyl (C=O) groups excluding carboxylic acids is 2. The summed E-state index contributed by atoms with van der Waals surface area (Å²) in [5.41, 5.74) is 0. The molecule has 2 atom stereocenters. The van der Waals surface area contributed by atoms with Crippen molar-refractivity contribution in [2.24, 2.45) is 0 Å². The second-order valence-corrected chi connectivity index (χ2v) is 13.3. The Balaban J connectivity index is 1.99. The first-order valence-electron chi connectivity index (χ1n) is 15.8. The van der Waals surface area contributed by atoms with Gasteiger partial charge in [-0.2, -0.15) is 0 Å². The van der Waals surface area contributed by atoms with Crippen LogP contribution < -0.4 is 10.6 Å². The van der Waals surface area contributed by atoms with Gasteiger partial charge < -0.3 is 15.7 Å². The molecule has 3 N–H and O–H groups in total. The third-order valence-electron chi connectivity index (χ3n) is 6.71. The van der Waals surface area contributed by atoms with E-state index in [1.165, 1.54) is 12.2 Å².